The maximum absolute atomic E-state index is 4.43. The van der Waals surface area contributed by atoms with Crippen molar-refractivity contribution >= 4 is 5.65 Å². The zero-order chi connectivity index (χ0) is 8.55. The molecule has 2 aromatic heterocycles. The number of nitrogens with zero attached hydrogens (tertiary/aromatic N) is 2. The predicted molar refractivity (Wildman–Crippen MR) is 49.0 cm³/mol. The van der Waals surface area contributed by atoms with Gasteiger partial charge >= 0.3 is 0 Å². The first-order valence-corrected chi connectivity index (χ1v) is 4.11. The number of aromatic nitrogens is 2. The summed E-state index contributed by atoms with van der Waals surface area (Å²) in [5.74, 6) is 0. The summed E-state index contributed by atoms with van der Waals surface area (Å²) in [5.41, 5.74) is 3.08. The SMILES string of the molecule is [CH2]c1c(CC)nc2ccccn12. The van der Waals surface area contributed by atoms with Gasteiger partial charge in [0.2, 0.25) is 0 Å². The van der Waals surface area contributed by atoms with E-state index in [2.05, 4.69) is 18.8 Å². The van der Waals surface area contributed by atoms with Crippen LogP contribution in [0.2, 0.25) is 0 Å². The van der Waals surface area contributed by atoms with Crippen LogP contribution in [0.3, 0.4) is 0 Å². The third kappa shape index (κ3) is 0.916. The molecule has 2 heterocycles. The van der Waals surface area contributed by atoms with Crippen LogP contribution in [-0.2, 0) is 6.42 Å². The first kappa shape index (κ1) is 7.35. The highest BCUT2D eigenvalue weighted by Crippen LogP contribution is 2.10. The highest BCUT2D eigenvalue weighted by molar-refractivity contribution is 5.43. The molecule has 0 aromatic carbocycles. The maximum Gasteiger partial charge on any atom is 0.137 e. The van der Waals surface area contributed by atoms with E-state index in [1.165, 1.54) is 0 Å². The topological polar surface area (TPSA) is 17.3 Å². The predicted octanol–water partition coefficient (Wildman–Crippen LogP) is 2.08. The van der Waals surface area contributed by atoms with E-state index in [1.54, 1.807) is 0 Å². The second-order valence-electron chi connectivity index (χ2n) is 2.79. The van der Waals surface area contributed by atoms with Gasteiger partial charge in [0.1, 0.15) is 5.65 Å². The zero-order valence-electron chi connectivity index (χ0n) is 7.12. The van der Waals surface area contributed by atoms with Gasteiger partial charge in [-0.05, 0) is 25.5 Å². The van der Waals surface area contributed by atoms with Gasteiger partial charge in [0.25, 0.3) is 0 Å². The molecule has 12 heavy (non-hydrogen) atoms. The Morgan fingerprint density at radius 3 is 3.00 bits per heavy atom. The highest BCUT2D eigenvalue weighted by atomic mass is 15.0. The molecule has 0 N–H and O–H groups in total. The first-order chi connectivity index (χ1) is 5.83. The Balaban J connectivity index is 2.78. The Bertz CT molecular complexity index is 401. The largest absolute Gasteiger partial charge is 0.304 e. The van der Waals surface area contributed by atoms with Crippen molar-refractivity contribution in [1.29, 1.82) is 0 Å². The number of fused-ring (bicyclic) bond motifs is 1. The van der Waals surface area contributed by atoms with Crippen molar-refractivity contribution in [3.05, 3.63) is 42.7 Å². The van der Waals surface area contributed by atoms with Crippen LogP contribution in [0.1, 0.15) is 18.3 Å². The minimum Gasteiger partial charge on any atom is -0.304 e. The zero-order valence-corrected chi connectivity index (χ0v) is 7.12. The molecular formula is C10H11N2. The molecule has 0 atom stereocenters. The Labute approximate surface area is 71.9 Å². The Morgan fingerprint density at radius 1 is 1.50 bits per heavy atom. The summed E-state index contributed by atoms with van der Waals surface area (Å²) in [6.45, 7) is 6.07. The molecule has 2 heteroatoms. The summed E-state index contributed by atoms with van der Waals surface area (Å²) in [4.78, 5) is 4.43. The fraction of sp³-hybridized carbons (Fsp3) is 0.200. The van der Waals surface area contributed by atoms with E-state index in [9.17, 15) is 0 Å². The van der Waals surface area contributed by atoms with Crippen LogP contribution in [0.4, 0.5) is 0 Å². The smallest absolute Gasteiger partial charge is 0.137 e. The van der Waals surface area contributed by atoms with E-state index in [4.69, 9.17) is 0 Å². The molecule has 1 radical (unpaired) electrons. The Morgan fingerprint density at radius 2 is 2.33 bits per heavy atom. The summed E-state index contributed by atoms with van der Waals surface area (Å²) in [6, 6.07) is 5.97. The molecule has 0 fully saturated rings. The minimum absolute atomic E-state index is 0.945. The molecule has 0 spiro atoms. The molecule has 2 rings (SSSR count). The summed E-state index contributed by atoms with van der Waals surface area (Å²) in [7, 11) is 0. The lowest BCUT2D eigenvalue weighted by Crippen LogP contribution is -1.87. The fourth-order valence-corrected chi connectivity index (χ4v) is 1.38. The monoisotopic (exact) mass is 159 g/mol. The van der Waals surface area contributed by atoms with Crippen LogP contribution in [-0.4, -0.2) is 9.38 Å². The van der Waals surface area contributed by atoms with Crippen molar-refractivity contribution < 1.29 is 0 Å². The number of imidazole rings is 1. The fourth-order valence-electron chi connectivity index (χ4n) is 1.38. The minimum atomic E-state index is 0.945. The quantitative estimate of drug-likeness (QED) is 0.622. The van der Waals surface area contributed by atoms with Gasteiger partial charge in [-0.25, -0.2) is 4.98 Å². The van der Waals surface area contributed by atoms with E-state index in [1.807, 2.05) is 28.8 Å². The van der Waals surface area contributed by atoms with E-state index in [0.717, 1.165) is 23.5 Å². The molecule has 0 aliphatic rings. The average molecular weight is 159 g/mol. The summed E-state index contributed by atoms with van der Waals surface area (Å²) in [6.07, 6.45) is 2.93. The molecule has 0 aliphatic carbocycles. The van der Waals surface area contributed by atoms with Gasteiger partial charge in [-0.3, -0.25) is 0 Å². The first-order valence-electron chi connectivity index (χ1n) is 4.11. The van der Waals surface area contributed by atoms with Crippen molar-refractivity contribution in [2.75, 3.05) is 0 Å². The molecule has 0 bridgehead atoms. The summed E-state index contributed by atoms with van der Waals surface area (Å²) < 4.78 is 2.01. The number of aryl methyl sites for hydroxylation is 1. The number of rotatable bonds is 1. The van der Waals surface area contributed by atoms with Gasteiger partial charge in [-0.15, -0.1) is 0 Å². The molecule has 0 saturated heterocycles. The Kier molecular flexibility index (Phi) is 1.61. The Hall–Kier alpha value is -1.31. The average Bonchev–Trinajstić information content (AvgIpc) is 2.44. The van der Waals surface area contributed by atoms with Crippen LogP contribution in [0.5, 0.6) is 0 Å². The molecule has 0 saturated carbocycles. The van der Waals surface area contributed by atoms with Crippen molar-refractivity contribution in [3.8, 4) is 0 Å². The van der Waals surface area contributed by atoms with Gasteiger partial charge in [0.15, 0.2) is 0 Å². The van der Waals surface area contributed by atoms with Gasteiger partial charge in [-0.1, -0.05) is 13.0 Å². The molecule has 2 nitrogen and oxygen atoms in total. The number of hydrogen-bond acceptors (Lipinski definition) is 1. The normalized spacial score (nSPS) is 10.8. The van der Waals surface area contributed by atoms with Crippen LogP contribution in [0, 0.1) is 6.92 Å². The number of pyridine rings is 1. The van der Waals surface area contributed by atoms with Gasteiger partial charge in [0.05, 0.1) is 5.69 Å². The molecule has 61 valence electrons. The molecule has 0 aliphatic heterocycles. The maximum atomic E-state index is 4.43. The third-order valence-electron chi connectivity index (χ3n) is 2.05. The van der Waals surface area contributed by atoms with E-state index in [0.29, 0.717) is 0 Å². The van der Waals surface area contributed by atoms with Crippen LogP contribution in [0.15, 0.2) is 24.4 Å². The van der Waals surface area contributed by atoms with Crippen LogP contribution < -0.4 is 0 Å². The van der Waals surface area contributed by atoms with Crippen molar-refractivity contribution in [1.82, 2.24) is 9.38 Å². The van der Waals surface area contributed by atoms with Crippen LogP contribution in [0.25, 0.3) is 5.65 Å². The van der Waals surface area contributed by atoms with Gasteiger partial charge in [-0.2, -0.15) is 0 Å². The second kappa shape index (κ2) is 2.63. The lowest BCUT2D eigenvalue weighted by molar-refractivity contribution is 1.05. The third-order valence-corrected chi connectivity index (χ3v) is 2.05. The number of hydrogen-bond donors (Lipinski definition) is 0. The van der Waals surface area contributed by atoms with Gasteiger partial charge < -0.3 is 4.40 Å². The molecule has 2 aromatic rings. The summed E-state index contributed by atoms with van der Waals surface area (Å²) >= 11 is 0. The lowest BCUT2D eigenvalue weighted by Gasteiger charge is -1.93. The van der Waals surface area contributed by atoms with Crippen LogP contribution >= 0.6 is 0 Å². The summed E-state index contributed by atoms with van der Waals surface area (Å²) in [5, 5.41) is 0. The second-order valence-corrected chi connectivity index (χ2v) is 2.79. The highest BCUT2D eigenvalue weighted by Gasteiger charge is 2.03. The van der Waals surface area contributed by atoms with E-state index in [-0.39, 0.29) is 0 Å². The molecular weight excluding hydrogens is 148 g/mol. The van der Waals surface area contributed by atoms with E-state index < -0.39 is 0 Å². The standard InChI is InChI=1S/C10H11N2/c1-3-9-8(2)12-7-5-4-6-10(12)11-9/h4-7H,2-3H2,1H3. The van der Waals surface area contributed by atoms with Crippen molar-refractivity contribution in [3.63, 3.8) is 0 Å². The molecule has 0 amide bonds. The van der Waals surface area contributed by atoms with E-state index >= 15 is 0 Å². The van der Waals surface area contributed by atoms with Crippen molar-refractivity contribution in [2.24, 2.45) is 0 Å². The van der Waals surface area contributed by atoms with Gasteiger partial charge in [0, 0.05) is 11.9 Å². The van der Waals surface area contributed by atoms with Crippen molar-refractivity contribution in [2.45, 2.75) is 13.3 Å². The molecule has 0 unspecified atom stereocenters. The lowest BCUT2D eigenvalue weighted by atomic mass is 10.3.